The van der Waals surface area contributed by atoms with Crippen molar-refractivity contribution in [3.05, 3.63) is 130 Å². The van der Waals surface area contributed by atoms with Gasteiger partial charge in [-0.05, 0) is 66.6 Å². The summed E-state index contributed by atoms with van der Waals surface area (Å²) in [7, 11) is -2.68. The summed E-state index contributed by atoms with van der Waals surface area (Å²) >= 11 is 12.1. The molecule has 1 N–H and O–H groups in total. The molecule has 0 saturated carbocycles. The molecule has 4 aromatic rings. The number of nitrogens with one attached hydrogen (secondary N) is 1. The molecule has 0 radical (unpaired) electrons. The first-order valence-corrected chi connectivity index (χ1v) is 15.4. The molecular weight excluding hydrogens is 593 g/mol. The number of carbonyl (C=O) groups excluding carboxylic acids is 2. The number of benzene rings is 4. The van der Waals surface area contributed by atoms with E-state index in [-0.39, 0.29) is 23.8 Å². The van der Waals surface area contributed by atoms with E-state index in [1.807, 2.05) is 37.3 Å². The second-order valence-electron chi connectivity index (χ2n) is 9.77. The number of hydrogen-bond donors (Lipinski definition) is 1. The number of likely N-dealkylation sites (N-methyl/N-ethyl adjacent to an activating group) is 1. The fourth-order valence-corrected chi connectivity index (χ4v) is 6.15. The first kappa shape index (κ1) is 31.1. The fourth-order valence-electron chi connectivity index (χ4n) is 4.48. The highest BCUT2D eigenvalue weighted by molar-refractivity contribution is 7.92. The molecular formula is C32H31Cl2N3O4S. The van der Waals surface area contributed by atoms with Gasteiger partial charge in [0.25, 0.3) is 10.0 Å². The van der Waals surface area contributed by atoms with Crippen LogP contribution in [0.25, 0.3) is 0 Å². The lowest BCUT2D eigenvalue weighted by molar-refractivity contribution is -0.139. The van der Waals surface area contributed by atoms with Gasteiger partial charge in [0.1, 0.15) is 12.6 Å². The van der Waals surface area contributed by atoms with Crippen LogP contribution in [0.5, 0.6) is 0 Å². The van der Waals surface area contributed by atoms with Gasteiger partial charge in [-0.2, -0.15) is 0 Å². The van der Waals surface area contributed by atoms with E-state index in [0.717, 1.165) is 21.0 Å². The summed E-state index contributed by atoms with van der Waals surface area (Å²) in [4.78, 5) is 28.9. The normalized spacial score (nSPS) is 11.9. The third-order valence-corrected chi connectivity index (χ3v) is 9.08. The Morgan fingerprint density at radius 3 is 1.93 bits per heavy atom. The number of nitrogens with zero attached hydrogens (tertiary/aromatic N) is 2. The van der Waals surface area contributed by atoms with Gasteiger partial charge in [-0.1, -0.05) is 83.4 Å². The summed E-state index contributed by atoms with van der Waals surface area (Å²) in [6.07, 6.45) is 0.230. The number of anilines is 1. The van der Waals surface area contributed by atoms with Crippen LogP contribution >= 0.6 is 23.2 Å². The number of rotatable bonds is 11. The molecule has 0 unspecified atom stereocenters. The minimum absolute atomic E-state index is 0.0170. The molecule has 0 aliphatic heterocycles. The molecule has 218 valence electrons. The van der Waals surface area contributed by atoms with Crippen molar-refractivity contribution >= 4 is 50.7 Å². The molecule has 0 fully saturated rings. The van der Waals surface area contributed by atoms with Gasteiger partial charge in [0.15, 0.2) is 0 Å². The largest absolute Gasteiger partial charge is 0.357 e. The predicted octanol–water partition coefficient (Wildman–Crippen LogP) is 5.88. The van der Waals surface area contributed by atoms with Crippen LogP contribution in [0, 0.1) is 6.92 Å². The van der Waals surface area contributed by atoms with Gasteiger partial charge in [0.2, 0.25) is 11.8 Å². The van der Waals surface area contributed by atoms with Crippen LogP contribution in [0.1, 0.15) is 16.7 Å². The number of carbonyl (C=O) groups is 2. The molecule has 0 bridgehead atoms. The first-order chi connectivity index (χ1) is 20.1. The molecule has 0 saturated heterocycles. The molecule has 7 nitrogen and oxygen atoms in total. The monoisotopic (exact) mass is 623 g/mol. The lowest BCUT2D eigenvalue weighted by Gasteiger charge is -2.33. The van der Waals surface area contributed by atoms with E-state index in [1.54, 1.807) is 48.5 Å². The van der Waals surface area contributed by atoms with Crippen LogP contribution in [0.2, 0.25) is 10.0 Å². The zero-order valence-electron chi connectivity index (χ0n) is 23.2. The summed E-state index contributed by atoms with van der Waals surface area (Å²) < 4.78 is 29.0. The molecule has 0 spiro atoms. The van der Waals surface area contributed by atoms with Crippen LogP contribution in [0.4, 0.5) is 5.69 Å². The highest BCUT2D eigenvalue weighted by Gasteiger charge is 2.34. The number of halogens is 2. The average molecular weight is 625 g/mol. The Balaban J connectivity index is 1.77. The molecule has 10 heteroatoms. The summed E-state index contributed by atoms with van der Waals surface area (Å²) in [5.74, 6) is -0.920. The second-order valence-corrected chi connectivity index (χ2v) is 12.5. The van der Waals surface area contributed by atoms with E-state index >= 15 is 0 Å². The Morgan fingerprint density at radius 2 is 1.36 bits per heavy atom. The minimum Gasteiger partial charge on any atom is -0.357 e. The third-order valence-electron chi connectivity index (χ3n) is 6.79. The fraction of sp³-hybridized carbons (Fsp3) is 0.188. The maximum Gasteiger partial charge on any atom is 0.264 e. The molecule has 0 aliphatic carbocycles. The Kier molecular flexibility index (Phi) is 10.3. The molecule has 2 amide bonds. The van der Waals surface area contributed by atoms with Crippen LogP contribution in [0.15, 0.2) is 108 Å². The molecule has 4 aromatic carbocycles. The summed E-state index contributed by atoms with van der Waals surface area (Å²) in [5, 5.41) is 3.59. The predicted molar refractivity (Wildman–Crippen MR) is 167 cm³/mol. The van der Waals surface area contributed by atoms with E-state index in [1.165, 1.54) is 36.2 Å². The molecule has 1 atom stereocenters. The lowest BCUT2D eigenvalue weighted by Crippen LogP contribution is -2.53. The molecule has 4 rings (SSSR count). The zero-order chi connectivity index (χ0) is 30.3. The van der Waals surface area contributed by atoms with Crippen molar-refractivity contribution in [2.75, 3.05) is 17.9 Å². The van der Waals surface area contributed by atoms with Crippen LogP contribution in [-0.4, -0.2) is 44.8 Å². The van der Waals surface area contributed by atoms with Crippen LogP contribution in [0.3, 0.4) is 0 Å². The SMILES string of the molecule is CNC(=O)[C@H](Cc1ccccc1)N(Cc1ccc(Cl)cc1)C(=O)CN(c1ccc(C)cc1)S(=O)(=O)c1ccc(Cl)cc1. The van der Waals surface area contributed by atoms with E-state index < -0.39 is 28.5 Å². The van der Waals surface area contributed by atoms with Gasteiger partial charge in [-0.15, -0.1) is 0 Å². The quantitative estimate of drug-likeness (QED) is 0.226. The van der Waals surface area contributed by atoms with Gasteiger partial charge in [-0.3, -0.25) is 13.9 Å². The Bertz CT molecular complexity index is 1610. The molecule has 0 aromatic heterocycles. The Labute approximate surface area is 256 Å². The van der Waals surface area contributed by atoms with Crippen molar-refractivity contribution in [1.29, 1.82) is 0 Å². The highest BCUT2D eigenvalue weighted by atomic mass is 35.5. The second kappa shape index (κ2) is 13.9. The van der Waals surface area contributed by atoms with Gasteiger partial charge >= 0.3 is 0 Å². The summed E-state index contributed by atoms with van der Waals surface area (Å²) in [6.45, 7) is 1.41. The number of hydrogen-bond acceptors (Lipinski definition) is 4. The molecule has 0 aliphatic rings. The zero-order valence-corrected chi connectivity index (χ0v) is 25.5. The maximum atomic E-state index is 14.2. The van der Waals surface area contributed by atoms with E-state index in [4.69, 9.17) is 23.2 Å². The van der Waals surface area contributed by atoms with Gasteiger partial charge < -0.3 is 10.2 Å². The summed E-state index contributed by atoms with van der Waals surface area (Å²) in [6, 6.07) is 28.0. The topological polar surface area (TPSA) is 86.8 Å². The standard InChI is InChI=1S/C32H31Cl2N3O4S/c1-23-8-16-28(17-9-23)37(42(40,41)29-18-14-27(34)15-19-29)22-31(38)36(21-25-10-12-26(33)13-11-25)30(32(39)35-2)20-24-6-4-3-5-7-24/h3-19,30H,20-22H2,1-2H3,(H,35,39)/t30-/m0/s1. The highest BCUT2D eigenvalue weighted by Crippen LogP contribution is 2.26. The van der Waals surface area contributed by atoms with Crippen LogP contribution < -0.4 is 9.62 Å². The Hall–Kier alpha value is -3.85. The minimum atomic E-state index is -4.19. The van der Waals surface area contributed by atoms with Gasteiger partial charge in [-0.25, -0.2) is 8.42 Å². The Morgan fingerprint density at radius 1 is 0.786 bits per heavy atom. The smallest absolute Gasteiger partial charge is 0.264 e. The first-order valence-electron chi connectivity index (χ1n) is 13.2. The third kappa shape index (κ3) is 7.70. The number of amides is 2. The van der Waals surface area contributed by atoms with Crippen LogP contribution in [-0.2, 0) is 32.6 Å². The lowest BCUT2D eigenvalue weighted by atomic mass is 10.0. The van der Waals surface area contributed by atoms with E-state index in [9.17, 15) is 18.0 Å². The van der Waals surface area contributed by atoms with Crippen molar-refractivity contribution in [3.63, 3.8) is 0 Å². The van der Waals surface area contributed by atoms with Gasteiger partial charge in [0, 0.05) is 30.1 Å². The summed E-state index contributed by atoms with van der Waals surface area (Å²) in [5.41, 5.74) is 2.83. The van der Waals surface area contributed by atoms with E-state index in [0.29, 0.717) is 15.7 Å². The van der Waals surface area contributed by atoms with Crippen molar-refractivity contribution in [2.45, 2.75) is 30.8 Å². The molecule has 0 heterocycles. The van der Waals surface area contributed by atoms with Crippen molar-refractivity contribution in [3.8, 4) is 0 Å². The van der Waals surface area contributed by atoms with Gasteiger partial charge in [0.05, 0.1) is 10.6 Å². The maximum absolute atomic E-state index is 14.2. The number of sulfonamides is 1. The molecule has 42 heavy (non-hydrogen) atoms. The number of aryl methyl sites for hydroxylation is 1. The van der Waals surface area contributed by atoms with Crippen molar-refractivity contribution in [2.24, 2.45) is 0 Å². The van der Waals surface area contributed by atoms with Crippen molar-refractivity contribution in [1.82, 2.24) is 10.2 Å². The average Bonchev–Trinajstić information content (AvgIpc) is 2.99. The van der Waals surface area contributed by atoms with E-state index in [2.05, 4.69) is 5.32 Å². The van der Waals surface area contributed by atoms with Crippen molar-refractivity contribution < 1.29 is 18.0 Å².